The van der Waals surface area contributed by atoms with E-state index in [-0.39, 0.29) is 38.4 Å². The van der Waals surface area contributed by atoms with Crippen LogP contribution in [0.4, 0.5) is 0 Å². The molecule has 0 aromatic carbocycles. The normalized spacial score (nSPS) is 13.8. The Morgan fingerprint density at radius 1 is 0.635 bits per heavy atom. The van der Waals surface area contributed by atoms with Crippen molar-refractivity contribution in [2.75, 3.05) is 26.4 Å². The number of allylic oxidation sites excluding steroid dienone is 8. The van der Waals surface area contributed by atoms with E-state index in [0.29, 0.717) is 19.3 Å². The number of phosphoric acid groups is 1. The summed E-state index contributed by atoms with van der Waals surface area (Å²) in [5.41, 5.74) is 5.33. The number of carbonyl (C=O) groups excluding carboxylic acids is 3. The van der Waals surface area contributed by atoms with Crippen molar-refractivity contribution in [3.63, 3.8) is 0 Å². The Balaban J connectivity index is 4.35. The molecular formula is C41H72NO9P. The Kier molecular flexibility index (Phi) is 35.3. The van der Waals surface area contributed by atoms with Gasteiger partial charge in [0.15, 0.2) is 11.9 Å². The topological polar surface area (TPSA) is 151 Å². The van der Waals surface area contributed by atoms with E-state index in [1.807, 2.05) is 24.3 Å². The SMILES string of the molecule is CCCCCCCCCCCCCCCC(=O)OC[C@H](COP(=O)(O)OCCN)OC(=O)CCC/C=C\C/C=C\C/C=C\C=C\C(=O)CCCCC. The molecule has 10 nitrogen and oxygen atoms in total. The van der Waals surface area contributed by atoms with Gasteiger partial charge in [0.1, 0.15) is 6.61 Å². The van der Waals surface area contributed by atoms with Crippen LogP contribution in [0.15, 0.2) is 48.6 Å². The third kappa shape index (κ3) is 36.0. The van der Waals surface area contributed by atoms with Crippen LogP contribution in [-0.2, 0) is 37.5 Å². The maximum atomic E-state index is 12.5. The highest BCUT2D eigenvalue weighted by atomic mass is 31.2. The van der Waals surface area contributed by atoms with Crippen LogP contribution in [0.1, 0.15) is 162 Å². The smallest absolute Gasteiger partial charge is 0.462 e. The lowest BCUT2D eigenvalue weighted by molar-refractivity contribution is -0.161. The molecule has 0 aliphatic carbocycles. The molecule has 0 spiro atoms. The van der Waals surface area contributed by atoms with Crippen LogP contribution < -0.4 is 5.73 Å². The first-order chi connectivity index (χ1) is 25.2. The lowest BCUT2D eigenvalue weighted by atomic mass is 10.0. The highest BCUT2D eigenvalue weighted by Gasteiger charge is 2.25. The zero-order valence-electron chi connectivity index (χ0n) is 32.5. The highest BCUT2D eigenvalue weighted by molar-refractivity contribution is 7.47. The monoisotopic (exact) mass is 753 g/mol. The summed E-state index contributed by atoms with van der Waals surface area (Å²) in [7, 11) is -4.40. The lowest BCUT2D eigenvalue weighted by Crippen LogP contribution is -2.29. The number of hydrogen-bond donors (Lipinski definition) is 2. The summed E-state index contributed by atoms with van der Waals surface area (Å²) in [5.74, 6) is -0.764. The number of nitrogens with two attached hydrogens (primary N) is 1. The van der Waals surface area contributed by atoms with E-state index in [9.17, 15) is 23.8 Å². The summed E-state index contributed by atoms with van der Waals surface area (Å²) in [4.78, 5) is 46.4. The van der Waals surface area contributed by atoms with Gasteiger partial charge in [0, 0.05) is 25.8 Å². The van der Waals surface area contributed by atoms with Gasteiger partial charge in [-0.1, -0.05) is 146 Å². The first-order valence-electron chi connectivity index (χ1n) is 20.1. The number of ketones is 1. The number of ether oxygens (including phenoxy) is 2. The molecule has 300 valence electrons. The fourth-order valence-corrected chi connectivity index (χ4v) is 5.93. The molecule has 0 saturated carbocycles. The van der Waals surface area contributed by atoms with Gasteiger partial charge >= 0.3 is 19.8 Å². The predicted molar refractivity (Wildman–Crippen MR) is 211 cm³/mol. The highest BCUT2D eigenvalue weighted by Crippen LogP contribution is 2.43. The number of carbonyl (C=O) groups is 3. The average Bonchev–Trinajstić information content (AvgIpc) is 3.12. The lowest BCUT2D eigenvalue weighted by Gasteiger charge is -2.19. The van der Waals surface area contributed by atoms with Crippen LogP contribution in [0, 0.1) is 0 Å². The standard InChI is InChI=1S/C41H72NO9P/c1-3-5-7-8-9-10-11-12-15-18-21-24-28-32-40(44)48-36-39(37-50-52(46,47)49-35-34-42)51-41(45)33-29-25-22-19-16-13-14-17-20-23-27-31-38(43)30-26-6-4-2/h13-14,19-20,22-23,27,31,39H,3-12,15-18,21,24-26,28-30,32-37,42H2,1-2H3,(H,46,47)/b14-13-,22-19-,23-20-,31-27+/t39-/m1/s1. The predicted octanol–water partition coefficient (Wildman–Crippen LogP) is 10.3. The van der Waals surface area contributed by atoms with Gasteiger partial charge < -0.3 is 20.1 Å². The molecule has 0 radical (unpaired) electrons. The van der Waals surface area contributed by atoms with Crippen molar-refractivity contribution < 1.29 is 42.4 Å². The second kappa shape index (κ2) is 37.0. The molecule has 0 heterocycles. The van der Waals surface area contributed by atoms with Crippen LogP contribution in [0.5, 0.6) is 0 Å². The molecule has 0 saturated heterocycles. The first kappa shape index (κ1) is 49.6. The fraction of sp³-hybridized carbons (Fsp3) is 0.732. The van der Waals surface area contributed by atoms with Crippen LogP contribution in [0.3, 0.4) is 0 Å². The maximum absolute atomic E-state index is 12.5. The third-order valence-electron chi connectivity index (χ3n) is 8.19. The molecule has 0 bridgehead atoms. The van der Waals surface area contributed by atoms with E-state index in [1.54, 1.807) is 12.2 Å². The summed E-state index contributed by atoms with van der Waals surface area (Å²) in [6, 6.07) is 0. The summed E-state index contributed by atoms with van der Waals surface area (Å²) in [6.45, 7) is 3.47. The molecule has 1 unspecified atom stereocenters. The summed E-state index contributed by atoms with van der Waals surface area (Å²) in [5, 5.41) is 0. The molecular weight excluding hydrogens is 681 g/mol. The minimum absolute atomic E-state index is 0.0342. The Morgan fingerprint density at radius 3 is 1.81 bits per heavy atom. The largest absolute Gasteiger partial charge is 0.472 e. The maximum Gasteiger partial charge on any atom is 0.472 e. The molecule has 0 aromatic heterocycles. The van der Waals surface area contributed by atoms with Crippen molar-refractivity contribution >= 4 is 25.5 Å². The van der Waals surface area contributed by atoms with Crippen molar-refractivity contribution in [3.8, 4) is 0 Å². The first-order valence-corrected chi connectivity index (χ1v) is 21.6. The molecule has 0 amide bonds. The number of phosphoric ester groups is 1. The molecule has 2 atom stereocenters. The van der Waals surface area contributed by atoms with Crippen LogP contribution in [0.2, 0.25) is 0 Å². The fourth-order valence-electron chi connectivity index (χ4n) is 5.17. The molecule has 0 aliphatic rings. The molecule has 52 heavy (non-hydrogen) atoms. The molecule has 3 N–H and O–H groups in total. The molecule has 11 heteroatoms. The number of hydrogen-bond acceptors (Lipinski definition) is 9. The van der Waals surface area contributed by atoms with E-state index in [0.717, 1.165) is 51.4 Å². The molecule has 0 fully saturated rings. The number of unbranched alkanes of at least 4 members (excludes halogenated alkanes) is 15. The van der Waals surface area contributed by atoms with Crippen molar-refractivity contribution in [2.24, 2.45) is 5.73 Å². The van der Waals surface area contributed by atoms with Crippen molar-refractivity contribution in [3.05, 3.63) is 48.6 Å². The number of esters is 2. The van der Waals surface area contributed by atoms with Gasteiger partial charge in [-0.15, -0.1) is 0 Å². The van der Waals surface area contributed by atoms with Gasteiger partial charge in [0.05, 0.1) is 13.2 Å². The zero-order valence-corrected chi connectivity index (χ0v) is 33.4. The molecule has 0 rings (SSSR count). The van der Waals surface area contributed by atoms with E-state index in [1.165, 1.54) is 64.2 Å². The van der Waals surface area contributed by atoms with Gasteiger partial charge in [-0.2, -0.15) is 0 Å². The van der Waals surface area contributed by atoms with Crippen molar-refractivity contribution in [2.45, 2.75) is 168 Å². The number of rotatable bonds is 37. The van der Waals surface area contributed by atoms with Gasteiger partial charge in [-0.3, -0.25) is 23.4 Å². The Labute approximate surface area is 315 Å². The van der Waals surface area contributed by atoms with Gasteiger partial charge in [0.25, 0.3) is 0 Å². The Morgan fingerprint density at radius 2 is 1.17 bits per heavy atom. The van der Waals surface area contributed by atoms with Gasteiger partial charge in [0.2, 0.25) is 0 Å². The van der Waals surface area contributed by atoms with Crippen LogP contribution in [-0.4, -0.2) is 55.1 Å². The summed E-state index contributed by atoms with van der Waals surface area (Å²) >= 11 is 0. The Bertz CT molecular complexity index is 1060. The van der Waals surface area contributed by atoms with Crippen LogP contribution >= 0.6 is 7.82 Å². The van der Waals surface area contributed by atoms with E-state index in [4.69, 9.17) is 24.3 Å². The minimum Gasteiger partial charge on any atom is -0.462 e. The van der Waals surface area contributed by atoms with Gasteiger partial charge in [-0.05, 0) is 44.6 Å². The van der Waals surface area contributed by atoms with Crippen molar-refractivity contribution in [1.82, 2.24) is 0 Å². The third-order valence-corrected chi connectivity index (χ3v) is 9.18. The van der Waals surface area contributed by atoms with Gasteiger partial charge in [-0.25, -0.2) is 4.57 Å². The van der Waals surface area contributed by atoms with E-state index < -0.39 is 32.5 Å². The van der Waals surface area contributed by atoms with E-state index >= 15 is 0 Å². The minimum atomic E-state index is -4.40. The zero-order chi connectivity index (χ0) is 38.4. The summed E-state index contributed by atoms with van der Waals surface area (Å²) < 4.78 is 32.6. The molecule has 0 aliphatic heterocycles. The Hall–Kier alpha value is -2.36. The van der Waals surface area contributed by atoms with Crippen LogP contribution in [0.25, 0.3) is 0 Å². The second-order valence-electron chi connectivity index (χ2n) is 13.2. The quantitative estimate of drug-likeness (QED) is 0.0157. The average molecular weight is 754 g/mol. The van der Waals surface area contributed by atoms with Crippen molar-refractivity contribution in [1.29, 1.82) is 0 Å². The second-order valence-corrected chi connectivity index (χ2v) is 14.6. The van der Waals surface area contributed by atoms with E-state index in [2.05, 4.69) is 26.0 Å². The summed E-state index contributed by atoms with van der Waals surface area (Å²) in [6.07, 6.45) is 37.0. The molecule has 0 aromatic rings.